The van der Waals surface area contributed by atoms with Crippen molar-refractivity contribution < 1.29 is 4.79 Å². The van der Waals surface area contributed by atoms with Crippen LogP contribution in [0.3, 0.4) is 0 Å². The Morgan fingerprint density at radius 3 is 3.00 bits per heavy atom. The smallest absolute Gasteiger partial charge is 0.232 e. The van der Waals surface area contributed by atoms with Crippen LogP contribution in [0.2, 0.25) is 0 Å². The van der Waals surface area contributed by atoms with Crippen LogP contribution in [-0.2, 0) is 4.79 Å². The van der Waals surface area contributed by atoms with Crippen LogP contribution in [0.25, 0.3) is 5.69 Å². The number of fused-ring (bicyclic) bond motifs is 1. The Balaban J connectivity index is 0.00000113. The Hall–Kier alpha value is -1.56. The van der Waals surface area contributed by atoms with Gasteiger partial charge in [0.05, 0.1) is 11.7 Å². The van der Waals surface area contributed by atoms with Crippen LogP contribution in [0.4, 0.5) is 5.69 Å². The first-order valence-corrected chi connectivity index (χ1v) is 8.38. The van der Waals surface area contributed by atoms with E-state index in [0.717, 1.165) is 43.7 Å². The first-order valence-electron chi connectivity index (χ1n) is 8.38. The van der Waals surface area contributed by atoms with Crippen LogP contribution < -0.4 is 10.6 Å². The molecule has 2 aliphatic rings. The molecule has 5 nitrogen and oxygen atoms in total. The van der Waals surface area contributed by atoms with E-state index in [1.54, 1.807) is 12.5 Å². The van der Waals surface area contributed by atoms with Crippen LogP contribution >= 0.6 is 24.8 Å². The van der Waals surface area contributed by atoms with Crippen molar-refractivity contribution in [2.75, 3.05) is 18.4 Å². The van der Waals surface area contributed by atoms with E-state index in [2.05, 4.69) is 15.6 Å². The second-order valence-electron chi connectivity index (χ2n) is 6.70. The zero-order valence-corrected chi connectivity index (χ0v) is 15.6. The van der Waals surface area contributed by atoms with Gasteiger partial charge in [0.15, 0.2) is 0 Å². The SMILES string of the molecule is Cl.Cl.O=C(Nc1cccc(-n2ccnc2)c1)[C@@]12CCCC[C@H]1CNC2. The van der Waals surface area contributed by atoms with Gasteiger partial charge in [-0.1, -0.05) is 18.9 Å². The highest BCUT2D eigenvalue weighted by Crippen LogP contribution is 2.44. The van der Waals surface area contributed by atoms with Crippen molar-refractivity contribution in [3.05, 3.63) is 43.0 Å². The van der Waals surface area contributed by atoms with Gasteiger partial charge in [-0.2, -0.15) is 0 Å². The summed E-state index contributed by atoms with van der Waals surface area (Å²) in [6.45, 7) is 1.78. The van der Waals surface area contributed by atoms with Gasteiger partial charge in [-0.05, 0) is 43.5 Å². The van der Waals surface area contributed by atoms with E-state index >= 15 is 0 Å². The number of carbonyl (C=O) groups is 1. The highest BCUT2D eigenvalue weighted by atomic mass is 35.5. The quantitative estimate of drug-likeness (QED) is 0.854. The molecular weight excluding hydrogens is 359 g/mol. The number of nitrogens with one attached hydrogen (secondary N) is 2. The number of amides is 1. The van der Waals surface area contributed by atoms with Crippen molar-refractivity contribution in [2.24, 2.45) is 11.3 Å². The van der Waals surface area contributed by atoms with Crippen LogP contribution in [0, 0.1) is 11.3 Å². The number of anilines is 1. The third-order valence-electron chi connectivity index (χ3n) is 5.40. The molecule has 1 saturated heterocycles. The fraction of sp³-hybridized carbons (Fsp3) is 0.444. The van der Waals surface area contributed by atoms with Crippen molar-refractivity contribution >= 4 is 36.4 Å². The number of nitrogens with zero attached hydrogens (tertiary/aromatic N) is 2. The number of rotatable bonds is 3. The highest BCUT2D eigenvalue weighted by Gasteiger charge is 2.49. The molecule has 1 aromatic heterocycles. The lowest BCUT2D eigenvalue weighted by atomic mass is 9.67. The number of carbonyl (C=O) groups excluding carboxylic acids is 1. The topological polar surface area (TPSA) is 59.0 Å². The summed E-state index contributed by atoms with van der Waals surface area (Å²) in [6.07, 6.45) is 9.97. The van der Waals surface area contributed by atoms with Gasteiger partial charge in [-0.3, -0.25) is 4.79 Å². The minimum atomic E-state index is -0.219. The summed E-state index contributed by atoms with van der Waals surface area (Å²) in [7, 11) is 0. The van der Waals surface area contributed by atoms with Crippen molar-refractivity contribution in [3.8, 4) is 5.69 Å². The number of imidazole rings is 1. The first-order chi connectivity index (χ1) is 11.3. The third-order valence-corrected chi connectivity index (χ3v) is 5.40. The van der Waals surface area contributed by atoms with Crippen molar-refractivity contribution in [3.63, 3.8) is 0 Å². The van der Waals surface area contributed by atoms with Gasteiger partial charge in [-0.25, -0.2) is 4.98 Å². The van der Waals surface area contributed by atoms with Crippen LogP contribution in [0.1, 0.15) is 25.7 Å². The fourth-order valence-electron chi connectivity index (χ4n) is 4.10. The van der Waals surface area contributed by atoms with Crippen LogP contribution in [0.15, 0.2) is 43.0 Å². The van der Waals surface area contributed by atoms with E-state index in [0.29, 0.717) is 5.92 Å². The molecule has 0 spiro atoms. The number of hydrogen-bond acceptors (Lipinski definition) is 3. The number of halogens is 2. The predicted octanol–water partition coefficient (Wildman–Crippen LogP) is 3.43. The molecule has 2 atom stereocenters. The van der Waals surface area contributed by atoms with Gasteiger partial charge in [0.2, 0.25) is 5.91 Å². The Kier molecular flexibility index (Phi) is 6.49. The first kappa shape index (κ1) is 19.8. The molecule has 0 bridgehead atoms. The summed E-state index contributed by atoms with van der Waals surface area (Å²) in [5.74, 6) is 0.656. The average Bonchev–Trinajstić information content (AvgIpc) is 3.25. The molecule has 0 radical (unpaired) electrons. The van der Waals surface area contributed by atoms with E-state index in [-0.39, 0.29) is 36.1 Å². The number of benzene rings is 1. The summed E-state index contributed by atoms with van der Waals surface area (Å²) in [6, 6.07) is 7.93. The van der Waals surface area contributed by atoms with E-state index in [9.17, 15) is 4.79 Å². The number of aromatic nitrogens is 2. The van der Waals surface area contributed by atoms with Crippen molar-refractivity contribution in [2.45, 2.75) is 25.7 Å². The second-order valence-corrected chi connectivity index (χ2v) is 6.70. The molecule has 2 heterocycles. The zero-order chi connectivity index (χ0) is 15.7. The van der Waals surface area contributed by atoms with Crippen molar-refractivity contribution in [1.82, 2.24) is 14.9 Å². The van der Waals surface area contributed by atoms with E-state index < -0.39 is 0 Å². The molecule has 1 aliphatic heterocycles. The molecule has 25 heavy (non-hydrogen) atoms. The third kappa shape index (κ3) is 3.68. The Bertz CT molecular complexity index is 707. The van der Waals surface area contributed by atoms with E-state index in [4.69, 9.17) is 0 Å². The monoisotopic (exact) mass is 382 g/mol. The summed E-state index contributed by atoms with van der Waals surface area (Å²) < 4.78 is 1.94. The normalized spacial score (nSPS) is 24.6. The van der Waals surface area contributed by atoms with Gasteiger partial charge in [0.1, 0.15) is 0 Å². The molecule has 1 aliphatic carbocycles. The summed E-state index contributed by atoms with van der Waals surface area (Å²) in [5, 5.41) is 6.60. The summed E-state index contributed by atoms with van der Waals surface area (Å²) in [4.78, 5) is 17.1. The Morgan fingerprint density at radius 1 is 1.32 bits per heavy atom. The maximum absolute atomic E-state index is 13.0. The van der Waals surface area contributed by atoms with Gasteiger partial charge < -0.3 is 15.2 Å². The molecular formula is C18H24Cl2N4O. The van der Waals surface area contributed by atoms with Gasteiger partial charge in [0.25, 0.3) is 0 Å². The lowest BCUT2D eigenvalue weighted by Gasteiger charge is -2.37. The van der Waals surface area contributed by atoms with Crippen molar-refractivity contribution in [1.29, 1.82) is 0 Å². The molecule has 136 valence electrons. The molecule has 2 fully saturated rings. The molecule has 4 rings (SSSR count). The maximum atomic E-state index is 13.0. The van der Waals surface area contributed by atoms with Gasteiger partial charge in [-0.15, -0.1) is 24.8 Å². The Morgan fingerprint density at radius 2 is 2.20 bits per heavy atom. The largest absolute Gasteiger partial charge is 0.325 e. The average molecular weight is 383 g/mol. The van der Waals surface area contributed by atoms with Gasteiger partial charge >= 0.3 is 0 Å². The minimum Gasteiger partial charge on any atom is -0.325 e. The maximum Gasteiger partial charge on any atom is 0.232 e. The molecule has 1 amide bonds. The molecule has 2 aromatic rings. The molecule has 1 aromatic carbocycles. The lowest BCUT2D eigenvalue weighted by molar-refractivity contribution is -0.128. The second kappa shape index (κ2) is 8.21. The predicted molar refractivity (Wildman–Crippen MR) is 104 cm³/mol. The highest BCUT2D eigenvalue weighted by molar-refractivity contribution is 5.96. The summed E-state index contributed by atoms with van der Waals surface area (Å²) >= 11 is 0. The fourth-order valence-corrected chi connectivity index (χ4v) is 4.10. The van der Waals surface area contributed by atoms with Crippen LogP contribution in [-0.4, -0.2) is 28.5 Å². The zero-order valence-electron chi connectivity index (χ0n) is 14.0. The summed E-state index contributed by atoms with van der Waals surface area (Å²) in [5.41, 5.74) is 1.64. The van der Waals surface area contributed by atoms with Gasteiger partial charge in [0, 0.05) is 30.3 Å². The molecule has 1 saturated carbocycles. The minimum absolute atomic E-state index is 0. The lowest BCUT2D eigenvalue weighted by Crippen LogP contribution is -2.44. The molecule has 2 N–H and O–H groups in total. The molecule has 7 heteroatoms. The van der Waals surface area contributed by atoms with E-state index in [1.807, 2.05) is 35.0 Å². The Labute approximate surface area is 160 Å². The van der Waals surface area contributed by atoms with E-state index in [1.165, 1.54) is 6.42 Å². The number of hydrogen-bond donors (Lipinski definition) is 2. The standard InChI is InChI=1S/C18H22N4O.2ClH/c23-17(18-7-2-1-4-14(18)11-20-12-18)21-15-5-3-6-16(10-15)22-9-8-19-13-22;;/h3,5-6,8-10,13-14,20H,1-2,4,7,11-12H2,(H,21,23);2*1H/t14-,18+;;/m0../s1. The van der Waals surface area contributed by atoms with Crippen LogP contribution in [0.5, 0.6) is 0 Å². The molecule has 0 unspecified atom stereocenters.